The average Bonchev–Trinajstić information content (AvgIpc) is 2.72. The van der Waals surface area contributed by atoms with Gasteiger partial charge < -0.3 is 4.74 Å². The van der Waals surface area contributed by atoms with Crippen LogP contribution in [0.3, 0.4) is 0 Å². The predicted molar refractivity (Wildman–Crippen MR) is 105 cm³/mol. The lowest BCUT2D eigenvalue weighted by Gasteiger charge is -2.17. The van der Waals surface area contributed by atoms with Crippen LogP contribution in [-0.4, -0.2) is 7.11 Å². The fourth-order valence-electron chi connectivity index (χ4n) is 3.99. The minimum Gasteiger partial charge on any atom is -0.497 e. The molecule has 126 valence electrons. The SMILES string of the molecule is COc1ccc2c(c1)CCc1c-2[o+]c2ccccc2c1-c1ccccc1. The molecule has 2 nitrogen and oxygen atoms in total. The van der Waals surface area contributed by atoms with Crippen LogP contribution in [-0.2, 0) is 12.8 Å². The molecule has 0 amide bonds. The summed E-state index contributed by atoms with van der Waals surface area (Å²) < 4.78 is 11.8. The molecule has 1 heterocycles. The van der Waals surface area contributed by atoms with Crippen LogP contribution in [0, 0.1) is 0 Å². The van der Waals surface area contributed by atoms with Crippen molar-refractivity contribution in [1.82, 2.24) is 0 Å². The van der Waals surface area contributed by atoms with Gasteiger partial charge in [0.1, 0.15) is 5.75 Å². The Bertz CT molecular complexity index is 1110. The summed E-state index contributed by atoms with van der Waals surface area (Å²) in [4.78, 5) is 0. The Morgan fingerprint density at radius 2 is 1.65 bits per heavy atom. The molecule has 5 rings (SSSR count). The van der Waals surface area contributed by atoms with E-state index in [0.29, 0.717) is 0 Å². The average molecular weight is 339 g/mol. The molecule has 4 aromatic rings. The Kier molecular flexibility index (Phi) is 3.49. The fraction of sp³-hybridized carbons (Fsp3) is 0.125. The minimum atomic E-state index is 0.899. The largest absolute Gasteiger partial charge is 0.497 e. The Balaban J connectivity index is 1.85. The second-order valence-electron chi connectivity index (χ2n) is 6.67. The topological polar surface area (TPSA) is 20.5 Å². The first kappa shape index (κ1) is 15.2. The molecule has 0 fully saturated rings. The van der Waals surface area contributed by atoms with E-state index in [2.05, 4.69) is 60.7 Å². The van der Waals surface area contributed by atoms with Gasteiger partial charge in [0.25, 0.3) is 0 Å². The maximum atomic E-state index is 6.41. The van der Waals surface area contributed by atoms with E-state index >= 15 is 0 Å². The summed E-state index contributed by atoms with van der Waals surface area (Å²) in [5, 5.41) is 1.18. The van der Waals surface area contributed by atoms with Crippen LogP contribution in [0.1, 0.15) is 11.1 Å². The van der Waals surface area contributed by atoms with Crippen molar-refractivity contribution in [3.63, 3.8) is 0 Å². The minimum absolute atomic E-state index is 0.899. The smallest absolute Gasteiger partial charge is 0.364 e. The summed E-state index contributed by atoms with van der Waals surface area (Å²) in [6.45, 7) is 0. The van der Waals surface area contributed by atoms with Crippen LogP contribution >= 0.6 is 0 Å². The molecule has 1 aliphatic rings. The van der Waals surface area contributed by atoms with E-state index in [4.69, 9.17) is 9.15 Å². The molecule has 2 heteroatoms. The molecule has 1 aliphatic carbocycles. The van der Waals surface area contributed by atoms with Crippen molar-refractivity contribution in [1.29, 1.82) is 0 Å². The number of fused-ring (bicyclic) bond motifs is 4. The highest BCUT2D eigenvalue weighted by Gasteiger charge is 2.32. The number of rotatable bonds is 2. The lowest BCUT2D eigenvalue weighted by Crippen LogP contribution is -2.06. The van der Waals surface area contributed by atoms with Gasteiger partial charge in [-0.05, 0) is 48.2 Å². The van der Waals surface area contributed by atoms with Gasteiger partial charge in [0, 0.05) is 11.6 Å². The van der Waals surface area contributed by atoms with Crippen LogP contribution < -0.4 is 4.74 Å². The van der Waals surface area contributed by atoms with E-state index < -0.39 is 0 Å². The van der Waals surface area contributed by atoms with Crippen LogP contribution in [0.5, 0.6) is 5.75 Å². The molecule has 0 atom stereocenters. The number of hydrogen-bond donors (Lipinski definition) is 0. The maximum absolute atomic E-state index is 6.41. The van der Waals surface area contributed by atoms with Crippen LogP contribution in [0.4, 0.5) is 0 Å². The molecule has 0 spiro atoms. The maximum Gasteiger partial charge on any atom is 0.364 e. The van der Waals surface area contributed by atoms with E-state index in [1.54, 1.807) is 7.11 Å². The zero-order valence-electron chi connectivity index (χ0n) is 14.7. The number of ether oxygens (including phenoxy) is 1. The van der Waals surface area contributed by atoms with Crippen molar-refractivity contribution in [3.05, 3.63) is 83.9 Å². The van der Waals surface area contributed by atoms with Gasteiger partial charge in [-0.2, -0.15) is 0 Å². The summed E-state index contributed by atoms with van der Waals surface area (Å²) in [6.07, 6.45) is 1.96. The second kappa shape index (κ2) is 5.99. The lowest BCUT2D eigenvalue weighted by atomic mass is 9.84. The van der Waals surface area contributed by atoms with Crippen molar-refractivity contribution in [2.75, 3.05) is 7.11 Å². The van der Waals surface area contributed by atoms with E-state index in [9.17, 15) is 0 Å². The van der Waals surface area contributed by atoms with Crippen LogP contribution in [0.2, 0.25) is 0 Å². The number of benzene rings is 3. The molecule has 0 unspecified atom stereocenters. The summed E-state index contributed by atoms with van der Waals surface area (Å²) in [7, 11) is 1.71. The molecule has 0 saturated heterocycles. The van der Waals surface area contributed by atoms with E-state index in [-0.39, 0.29) is 0 Å². The summed E-state index contributed by atoms with van der Waals surface area (Å²) in [6, 6.07) is 25.2. The highest BCUT2D eigenvalue weighted by Crippen LogP contribution is 2.43. The zero-order chi connectivity index (χ0) is 17.5. The number of methoxy groups -OCH3 is 1. The summed E-state index contributed by atoms with van der Waals surface area (Å²) >= 11 is 0. The highest BCUT2D eigenvalue weighted by molar-refractivity contribution is 5.98. The fourth-order valence-corrected chi connectivity index (χ4v) is 3.99. The molecule has 1 aromatic heterocycles. The van der Waals surface area contributed by atoms with Crippen molar-refractivity contribution >= 4 is 11.0 Å². The van der Waals surface area contributed by atoms with Gasteiger partial charge in [0.2, 0.25) is 0 Å². The Morgan fingerprint density at radius 3 is 2.50 bits per heavy atom. The molecule has 0 N–H and O–H groups in total. The molecular formula is C24H19O2+. The van der Waals surface area contributed by atoms with Crippen molar-refractivity contribution < 1.29 is 9.15 Å². The highest BCUT2D eigenvalue weighted by atomic mass is 16.5. The first-order valence-electron chi connectivity index (χ1n) is 8.95. The molecular weight excluding hydrogens is 320 g/mol. The Morgan fingerprint density at radius 1 is 0.846 bits per heavy atom. The van der Waals surface area contributed by atoms with Crippen molar-refractivity contribution in [2.24, 2.45) is 0 Å². The third-order valence-electron chi connectivity index (χ3n) is 5.21. The second-order valence-corrected chi connectivity index (χ2v) is 6.67. The standard InChI is InChI=1S/C24H19O2/c1-25-18-12-14-19-17(15-18)11-13-21-23(16-7-3-2-4-8-16)20-9-5-6-10-22(20)26-24(19)21/h2-10,12,14-15H,11,13H2,1H3/q+1. The molecule has 3 aromatic carbocycles. The Labute approximate surface area is 152 Å². The number of aryl methyl sites for hydroxylation is 1. The van der Waals surface area contributed by atoms with Crippen molar-refractivity contribution in [2.45, 2.75) is 12.8 Å². The lowest BCUT2D eigenvalue weighted by molar-refractivity contribution is 0.414. The zero-order valence-corrected chi connectivity index (χ0v) is 14.7. The van der Waals surface area contributed by atoms with Gasteiger partial charge in [0.05, 0.1) is 23.6 Å². The first-order chi connectivity index (χ1) is 12.8. The van der Waals surface area contributed by atoms with Gasteiger partial charge in [-0.1, -0.05) is 42.5 Å². The van der Waals surface area contributed by atoms with Gasteiger partial charge in [-0.3, -0.25) is 0 Å². The third kappa shape index (κ3) is 2.30. The van der Waals surface area contributed by atoms with Gasteiger partial charge in [-0.15, -0.1) is 0 Å². The Hall–Kier alpha value is -3.13. The predicted octanol–water partition coefficient (Wildman–Crippen LogP) is 6.16. The van der Waals surface area contributed by atoms with Gasteiger partial charge in [-0.25, -0.2) is 4.42 Å². The first-order valence-corrected chi connectivity index (χ1v) is 8.95. The molecule has 0 aliphatic heterocycles. The van der Waals surface area contributed by atoms with Gasteiger partial charge >= 0.3 is 11.3 Å². The van der Waals surface area contributed by atoms with E-state index in [0.717, 1.165) is 29.9 Å². The van der Waals surface area contributed by atoms with E-state index in [1.807, 2.05) is 12.1 Å². The molecule has 0 saturated carbocycles. The molecule has 0 radical (unpaired) electrons. The molecule has 0 bridgehead atoms. The van der Waals surface area contributed by atoms with E-state index in [1.165, 1.54) is 33.2 Å². The van der Waals surface area contributed by atoms with Crippen molar-refractivity contribution in [3.8, 4) is 28.2 Å². The summed E-state index contributed by atoms with van der Waals surface area (Å²) in [5.74, 6) is 1.89. The monoisotopic (exact) mass is 339 g/mol. The quantitative estimate of drug-likeness (QED) is 0.408. The number of para-hydroxylation sites is 1. The normalized spacial score (nSPS) is 12.5. The van der Waals surface area contributed by atoms with Crippen LogP contribution in [0.15, 0.2) is 77.2 Å². The molecule has 26 heavy (non-hydrogen) atoms. The summed E-state index contributed by atoms with van der Waals surface area (Å²) in [5.41, 5.74) is 7.22. The third-order valence-corrected chi connectivity index (χ3v) is 5.21. The van der Waals surface area contributed by atoms with Crippen LogP contribution in [0.25, 0.3) is 33.4 Å². The number of hydrogen-bond acceptors (Lipinski definition) is 1. The van der Waals surface area contributed by atoms with Gasteiger partial charge in [0.15, 0.2) is 0 Å².